The molecule has 1 aliphatic carbocycles. The lowest BCUT2D eigenvalue weighted by Gasteiger charge is -2.35. The maximum atomic E-state index is 13.5. The van der Waals surface area contributed by atoms with Crippen LogP contribution in [0.25, 0.3) is 11.0 Å². The first kappa shape index (κ1) is 18.6. The lowest BCUT2D eigenvalue weighted by molar-refractivity contribution is -0.384. The van der Waals surface area contributed by atoms with E-state index in [0.29, 0.717) is 29.9 Å². The molecule has 0 unspecified atom stereocenters. The quantitative estimate of drug-likeness (QED) is 0.367. The molecule has 2 aliphatic rings. The number of carbonyl (C=O) groups is 1. The van der Waals surface area contributed by atoms with Gasteiger partial charge in [-0.3, -0.25) is 19.5 Å². The number of anilines is 1. The highest BCUT2D eigenvalue weighted by Gasteiger charge is 2.40. The van der Waals surface area contributed by atoms with Crippen LogP contribution in [0.2, 0.25) is 0 Å². The number of nitro benzene ring substituents is 1. The van der Waals surface area contributed by atoms with Crippen molar-refractivity contribution >= 4 is 28.5 Å². The predicted molar refractivity (Wildman–Crippen MR) is 117 cm³/mol. The number of nitrogens with zero attached hydrogens (tertiary/aromatic N) is 3. The molecule has 0 bridgehead atoms. The van der Waals surface area contributed by atoms with E-state index in [4.69, 9.17) is 9.40 Å². The number of nitro groups is 1. The van der Waals surface area contributed by atoms with Crippen molar-refractivity contribution in [3.05, 3.63) is 99.6 Å². The second-order valence-corrected chi connectivity index (χ2v) is 8.11. The summed E-state index contributed by atoms with van der Waals surface area (Å²) in [4.78, 5) is 29.3. The van der Waals surface area contributed by atoms with Crippen LogP contribution in [0.3, 0.4) is 0 Å². The largest absolute Gasteiger partial charge is 0.469 e. The van der Waals surface area contributed by atoms with Gasteiger partial charge in [0.05, 0.1) is 28.3 Å². The van der Waals surface area contributed by atoms with Crippen molar-refractivity contribution in [3.8, 4) is 0 Å². The van der Waals surface area contributed by atoms with Crippen molar-refractivity contribution < 1.29 is 14.1 Å². The summed E-state index contributed by atoms with van der Waals surface area (Å²) < 4.78 is 7.54. The number of non-ortho nitro benzene ring substituents is 1. The highest BCUT2D eigenvalue weighted by atomic mass is 16.6. The average Bonchev–Trinajstić information content (AvgIpc) is 3.45. The third kappa shape index (κ3) is 2.76. The first-order chi connectivity index (χ1) is 15.6. The molecule has 2 aromatic carbocycles. The smallest absolute Gasteiger partial charge is 0.269 e. The summed E-state index contributed by atoms with van der Waals surface area (Å²) >= 11 is 0. The molecule has 1 N–H and O–H groups in total. The minimum absolute atomic E-state index is 0.0000808. The van der Waals surface area contributed by atoms with Crippen LogP contribution in [0.1, 0.15) is 36.1 Å². The molecule has 0 radical (unpaired) electrons. The Morgan fingerprint density at radius 2 is 1.97 bits per heavy atom. The topological polar surface area (TPSA) is 103 Å². The zero-order valence-electron chi connectivity index (χ0n) is 16.9. The number of nitrogens with one attached hydrogen (secondary N) is 1. The number of allylic oxidation sites excluding steroid dienone is 2. The Labute approximate surface area is 182 Å². The van der Waals surface area contributed by atoms with Gasteiger partial charge in [-0.05, 0) is 36.2 Å². The van der Waals surface area contributed by atoms with Crippen LogP contribution >= 0.6 is 0 Å². The van der Waals surface area contributed by atoms with Crippen LogP contribution < -0.4 is 5.32 Å². The Balaban J connectivity index is 1.56. The SMILES string of the molecule is O=C1C[C@@H](c2ccco2)CC2=C1[C@@H](c1cccc([N+](=O)[O-])c1)n1c(nc3ccccc31)N2. The lowest BCUT2D eigenvalue weighted by Crippen LogP contribution is -2.33. The van der Waals surface area contributed by atoms with Gasteiger partial charge >= 0.3 is 0 Å². The van der Waals surface area contributed by atoms with Crippen LogP contribution in [-0.2, 0) is 4.79 Å². The monoisotopic (exact) mass is 426 g/mol. The first-order valence-corrected chi connectivity index (χ1v) is 10.4. The van der Waals surface area contributed by atoms with Gasteiger partial charge < -0.3 is 9.73 Å². The third-order valence-electron chi connectivity index (χ3n) is 6.24. The lowest BCUT2D eigenvalue weighted by atomic mass is 9.79. The van der Waals surface area contributed by atoms with Gasteiger partial charge in [0.15, 0.2) is 5.78 Å². The fourth-order valence-corrected chi connectivity index (χ4v) is 4.87. The molecule has 8 nitrogen and oxygen atoms in total. The van der Waals surface area contributed by atoms with E-state index in [1.54, 1.807) is 18.4 Å². The van der Waals surface area contributed by atoms with Gasteiger partial charge in [-0.2, -0.15) is 0 Å². The van der Waals surface area contributed by atoms with E-state index >= 15 is 0 Å². The van der Waals surface area contributed by atoms with Crippen molar-refractivity contribution in [2.75, 3.05) is 5.32 Å². The van der Waals surface area contributed by atoms with E-state index < -0.39 is 11.0 Å². The van der Waals surface area contributed by atoms with Crippen molar-refractivity contribution in [3.63, 3.8) is 0 Å². The molecule has 3 heterocycles. The Morgan fingerprint density at radius 1 is 1.09 bits per heavy atom. The van der Waals surface area contributed by atoms with E-state index in [1.807, 2.05) is 47.0 Å². The van der Waals surface area contributed by atoms with Gasteiger partial charge in [-0.15, -0.1) is 0 Å². The number of imidazole rings is 1. The number of carbonyl (C=O) groups excluding carboxylic acids is 1. The zero-order chi connectivity index (χ0) is 21.8. The summed E-state index contributed by atoms with van der Waals surface area (Å²) in [5.74, 6) is 1.33. The number of hydrogen-bond acceptors (Lipinski definition) is 6. The predicted octanol–water partition coefficient (Wildman–Crippen LogP) is 4.95. The van der Waals surface area contributed by atoms with E-state index in [0.717, 1.165) is 22.5 Å². The number of para-hydroxylation sites is 2. The molecule has 2 aromatic heterocycles. The van der Waals surface area contributed by atoms with Crippen molar-refractivity contribution in [2.45, 2.75) is 24.8 Å². The Bertz CT molecular complexity index is 1420. The number of aromatic nitrogens is 2. The molecule has 4 aromatic rings. The molecular formula is C24H18N4O4. The highest BCUT2D eigenvalue weighted by Crippen LogP contribution is 2.46. The molecule has 158 valence electrons. The summed E-state index contributed by atoms with van der Waals surface area (Å²) in [6.45, 7) is 0. The maximum Gasteiger partial charge on any atom is 0.269 e. The minimum atomic E-state index is -0.501. The summed E-state index contributed by atoms with van der Waals surface area (Å²) in [5, 5.41) is 14.8. The van der Waals surface area contributed by atoms with Crippen molar-refractivity contribution in [1.82, 2.24) is 9.55 Å². The summed E-state index contributed by atoms with van der Waals surface area (Å²) in [5.41, 5.74) is 3.75. The molecule has 6 rings (SSSR count). The zero-order valence-corrected chi connectivity index (χ0v) is 16.9. The fourth-order valence-electron chi connectivity index (χ4n) is 4.87. The van der Waals surface area contributed by atoms with Crippen LogP contribution in [0.4, 0.5) is 11.6 Å². The van der Waals surface area contributed by atoms with Crippen LogP contribution in [0, 0.1) is 10.1 Å². The molecule has 8 heteroatoms. The molecule has 0 fully saturated rings. The number of hydrogen-bond donors (Lipinski definition) is 1. The van der Waals surface area contributed by atoms with E-state index in [1.165, 1.54) is 6.07 Å². The van der Waals surface area contributed by atoms with E-state index in [-0.39, 0.29) is 17.4 Å². The standard InChI is InChI=1S/C24H18N4O4/c29-20-13-15(21-9-4-10-32-21)12-18-22(20)23(14-5-3-6-16(11-14)28(30)31)27-19-8-2-1-7-17(19)25-24(27)26-18/h1-11,15,23H,12-13H2,(H,25,26)/t15-,23+/m0/s1. The highest BCUT2D eigenvalue weighted by molar-refractivity contribution is 6.01. The molecular weight excluding hydrogens is 408 g/mol. The number of fused-ring (bicyclic) bond motifs is 3. The molecule has 1 aliphatic heterocycles. The van der Waals surface area contributed by atoms with Crippen LogP contribution in [-0.4, -0.2) is 20.3 Å². The number of benzene rings is 2. The molecule has 32 heavy (non-hydrogen) atoms. The summed E-state index contributed by atoms with van der Waals surface area (Å²) in [6.07, 6.45) is 2.54. The molecule has 0 saturated heterocycles. The van der Waals surface area contributed by atoms with Gasteiger partial charge in [-0.25, -0.2) is 4.98 Å². The molecule has 0 saturated carbocycles. The molecule has 0 spiro atoms. The Hall–Kier alpha value is -4.20. The average molecular weight is 426 g/mol. The van der Waals surface area contributed by atoms with Crippen molar-refractivity contribution in [2.24, 2.45) is 0 Å². The number of rotatable bonds is 3. The minimum Gasteiger partial charge on any atom is -0.469 e. The molecule has 2 atom stereocenters. The first-order valence-electron chi connectivity index (χ1n) is 10.4. The second-order valence-electron chi connectivity index (χ2n) is 8.11. The summed E-state index contributed by atoms with van der Waals surface area (Å²) in [7, 11) is 0. The normalized spacial score (nSPS) is 20.1. The second kappa shape index (κ2) is 6.91. The Morgan fingerprint density at radius 3 is 2.78 bits per heavy atom. The number of ketones is 1. The van der Waals surface area contributed by atoms with Crippen LogP contribution in [0.5, 0.6) is 0 Å². The third-order valence-corrected chi connectivity index (χ3v) is 6.24. The maximum absolute atomic E-state index is 13.5. The Kier molecular flexibility index (Phi) is 4.01. The molecule has 0 amide bonds. The van der Waals surface area contributed by atoms with Crippen LogP contribution in [0.15, 0.2) is 82.6 Å². The van der Waals surface area contributed by atoms with Gasteiger partial charge in [0.2, 0.25) is 5.95 Å². The van der Waals surface area contributed by atoms with Gasteiger partial charge in [0.1, 0.15) is 5.76 Å². The van der Waals surface area contributed by atoms with Gasteiger partial charge in [0.25, 0.3) is 5.69 Å². The fraction of sp³-hybridized carbons (Fsp3) is 0.167. The number of furan rings is 1. The number of Topliss-reactive ketones (excluding diaryl/α,β-unsaturated/α-hetero) is 1. The van der Waals surface area contributed by atoms with Crippen molar-refractivity contribution in [1.29, 1.82) is 0 Å². The van der Waals surface area contributed by atoms with Gasteiger partial charge in [0, 0.05) is 35.7 Å². The van der Waals surface area contributed by atoms with Gasteiger partial charge in [-0.1, -0.05) is 24.3 Å². The summed E-state index contributed by atoms with van der Waals surface area (Å²) in [6, 6.07) is 17.4. The van der Waals surface area contributed by atoms with E-state index in [9.17, 15) is 14.9 Å². The van der Waals surface area contributed by atoms with E-state index in [2.05, 4.69) is 5.32 Å².